The molecule has 0 heterocycles. The van der Waals surface area contributed by atoms with Crippen molar-refractivity contribution in [2.45, 2.75) is 13.0 Å². The Morgan fingerprint density at radius 3 is 2.88 bits per heavy atom. The number of halogens is 1. The lowest BCUT2D eigenvalue weighted by Gasteiger charge is -2.11. The Morgan fingerprint density at radius 2 is 2.35 bits per heavy atom. The summed E-state index contributed by atoms with van der Waals surface area (Å²) < 4.78 is 5.32. The van der Waals surface area contributed by atoms with Gasteiger partial charge >= 0.3 is 0 Å². The zero-order chi connectivity index (χ0) is 12.8. The quantitative estimate of drug-likeness (QED) is 0.650. The molecule has 0 saturated carbocycles. The largest absolute Gasteiger partial charge is 0.489 e. The molecule has 6 heteroatoms. The van der Waals surface area contributed by atoms with Crippen molar-refractivity contribution in [3.63, 3.8) is 0 Å². The molecule has 0 aliphatic rings. The first-order valence-corrected chi connectivity index (χ1v) is 5.34. The number of aliphatic hydroxyl groups excluding tert-OH is 1. The maximum atomic E-state index is 10.6. The van der Waals surface area contributed by atoms with Crippen LogP contribution in [0.25, 0.3) is 0 Å². The number of nitrogens with zero attached hydrogens (tertiary/aromatic N) is 1. The summed E-state index contributed by atoms with van der Waals surface area (Å²) in [7, 11) is 0. The molecule has 0 fully saturated rings. The number of hydrogen-bond donors (Lipinski definition) is 1. The highest BCUT2D eigenvalue weighted by molar-refractivity contribution is 6.25. The average molecular weight is 258 g/mol. The second-order valence-electron chi connectivity index (χ2n) is 3.33. The van der Waals surface area contributed by atoms with Gasteiger partial charge in [0.1, 0.15) is 12.4 Å². The van der Waals surface area contributed by atoms with Crippen molar-refractivity contribution < 1.29 is 14.8 Å². The van der Waals surface area contributed by atoms with Gasteiger partial charge in [-0.2, -0.15) is 0 Å². The fourth-order valence-corrected chi connectivity index (χ4v) is 1.35. The van der Waals surface area contributed by atoms with E-state index in [-0.39, 0.29) is 12.3 Å². The van der Waals surface area contributed by atoms with Crippen LogP contribution in [0.1, 0.15) is 18.6 Å². The van der Waals surface area contributed by atoms with Crippen LogP contribution in [0.5, 0.6) is 5.75 Å². The van der Waals surface area contributed by atoms with E-state index in [2.05, 4.69) is 0 Å². The van der Waals surface area contributed by atoms with Gasteiger partial charge in [-0.25, -0.2) is 0 Å². The van der Waals surface area contributed by atoms with E-state index in [9.17, 15) is 15.2 Å². The Labute approximate surface area is 103 Å². The Bertz CT molecular complexity index is 431. The Morgan fingerprint density at radius 1 is 1.65 bits per heavy atom. The summed E-state index contributed by atoms with van der Waals surface area (Å²) in [6, 6.07) is 4.08. The number of rotatable bonds is 5. The summed E-state index contributed by atoms with van der Waals surface area (Å²) >= 11 is 5.34. The van der Waals surface area contributed by atoms with E-state index in [0.717, 1.165) is 0 Å². The van der Waals surface area contributed by atoms with Gasteiger partial charge in [-0.15, -0.1) is 0 Å². The molecule has 0 saturated heterocycles. The van der Waals surface area contributed by atoms with Crippen LogP contribution in [-0.2, 0) is 0 Å². The first kappa shape index (κ1) is 13.5. The number of hydrogen-bond acceptors (Lipinski definition) is 4. The predicted octanol–water partition coefficient (Wildman–Crippen LogP) is 2.78. The molecular formula is C11H12ClNO4. The zero-order valence-corrected chi connectivity index (χ0v) is 9.92. The van der Waals surface area contributed by atoms with Crippen molar-refractivity contribution in [1.82, 2.24) is 0 Å². The highest BCUT2D eigenvalue weighted by atomic mass is 35.5. The van der Waals surface area contributed by atoms with Crippen molar-refractivity contribution in [2.24, 2.45) is 0 Å². The van der Waals surface area contributed by atoms with E-state index in [4.69, 9.17) is 16.3 Å². The summed E-state index contributed by atoms with van der Waals surface area (Å²) in [6.45, 7) is 1.75. The molecule has 5 nitrogen and oxygen atoms in total. The van der Waals surface area contributed by atoms with E-state index < -0.39 is 11.0 Å². The van der Waals surface area contributed by atoms with Crippen LogP contribution in [0.2, 0.25) is 0 Å². The van der Waals surface area contributed by atoms with Gasteiger partial charge in [0.25, 0.3) is 5.69 Å². The maximum Gasteiger partial charge on any atom is 0.270 e. The fraction of sp³-hybridized carbons (Fsp3) is 0.273. The fourth-order valence-electron chi connectivity index (χ4n) is 1.28. The SMILES string of the molecule is C[C@@H](O)c1cc([N+](=O)[O-])ccc1OC/C=C/Cl. The van der Waals surface area contributed by atoms with Gasteiger partial charge < -0.3 is 9.84 Å². The Balaban J connectivity index is 3.00. The molecule has 1 atom stereocenters. The Kier molecular flexibility index (Phi) is 4.93. The second kappa shape index (κ2) is 6.22. The zero-order valence-electron chi connectivity index (χ0n) is 9.17. The minimum atomic E-state index is -0.843. The van der Waals surface area contributed by atoms with Crippen molar-refractivity contribution in [3.05, 3.63) is 45.5 Å². The molecule has 1 rings (SSSR count). The molecule has 0 aliphatic heterocycles. The summed E-state index contributed by atoms with van der Waals surface area (Å²) in [6.07, 6.45) is 0.735. The normalized spacial score (nSPS) is 12.6. The summed E-state index contributed by atoms with van der Waals surface area (Å²) in [5, 5.41) is 20.1. The van der Waals surface area contributed by atoms with Gasteiger partial charge in [0.2, 0.25) is 0 Å². The van der Waals surface area contributed by atoms with Crippen LogP contribution < -0.4 is 4.74 Å². The van der Waals surface area contributed by atoms with Gasteiger partial charge in [-0.1, -0.05) is 11.6 Å². The van der Waals surface area contributed by atoms with E-state index in [0.29, 0.717) is 11.3 Å². The van der Waals surface area contributed by atoms with Gasteiger partial charge in [-0.3, -0.25) is 10.1 Å². The maximum absolute atomic E-state index is 10.6. The molecule has 1 aromatic carbocycles. The van der Waals surface area contributed by atoms with Crippen molar-refractivity contribution >= 4 is 17.3 Å². The minimum Gasteiger partial charge on any atom is -0.489 e. The van der Waals surface area contributed by atoms with Crippen molar-refractivity contribution in [2.75, 3.05) is 6.61 Å². The highest BCUT2D eigenvalue weighted by Gasteiger charge is 2.14. The lowest BCUT2D eigenvalue weighted by Crippen LogP contribution is -2.01. The Hall–Kier alpha value is -1.59. The molecule has 0 aromatic heterocycles. The molecule has 0 aliphatic carbocycles. The van der Waals surface area contributed by atoms with Gasteiger partial charge in [-0.05, 0) is 19.1 Å². The summed E-state index contributed by atoms with van der Waals surface area (Å²) in [5.41, 5.74) is 1.61. The first-order valence-electron chi connectivity index (χ1n) is 4.90. The minimum absolute atomic E-state index is 0.0823. The molecule has 1 N–H and O–H groups in total. The molecule has 17 heavy (non-hydrogen) atoms. The van der Waals surface area contributed by atoms with Gasteiger partial charge in [0, 0.05) is 23.2 Å². The van der Waals surface area contributed by atoms with Gasteiger partial charge in [0.05, 0.1) is 11.0 Å². The predicted molar refractivity (Wildman–Crippen MR) is 64.2 cm³/mol. The molecule has 0 unspecified atom stereocenters. The average Bonchev–Trinajstić information content (AvgIpc) is 2.29. The van der Waals surface area contributed by atoms with Crippen molar-refractivity contribution in [1.29, 1.82) is 0 Å². The monoisotopic (exact) mass is 257 g/mol. The number of nitro groups is 1. The van der Waals surface area contributed by atoms with E-state index in [1.807, 2.05) is 0 Å². The van der Waals surface area contributed by atoms with Crippen LogP contribution in [0.15, 0.2) is 29.8 Å². The third-order valence-electron chi connectivity index (χ3n) is 2.08. The third kappa shape index (κ3) is 3.72. The smallest absolute Gasteiger partial charge is 0.270 e. The van der Waals surface area contributed by atoms with Crippen LogP contribution in [-0.4, -0.2) is 16.6 Å². The van der Waals surface area contributed by atoms with Crippen molar-refractivity contribution in [3.8, 4) is 5.75 Å². The number of aliphatic hydroxyl groups is 1. The summed E-state index contributed by atoms with van der Waals surface area (Å²) in [4.78, 5) is 10.1. The molecule has 0 bridgehead atoms. The third-order valence-corrected chi connectivity index (χ3v) is 2.26. The topological polar surface area (TPSA) is 72.6 Å². The van der Waals surface area contributed by atoms with Crippen LogP contribution in [0.4, 0.5) is 5.69 Å². The molecule has 0 spiro atoms. The molecule has 92 valence electrons. The lowest BCUT2D eigenvalue weighted by atomic mass is 10.1. The van der Waals surface area contributed by atoms with Gasteiger partial charge in [0.15, 0.2) is 0 Å². The number of nitro benzene ring substituents is 1. The highest BCUT2D eigenvalue weighted by Crippen LogP contribution is 2.29. The van der Waals surface area contributed by atoms with E-state index in [1.54, 1.807) is 6.08 Å². The number of ether oxygens (including phenoxy) is 1. The molecular weight excluding hydrogens is 246 g/mol. The lowest BCUT2D eigenvalue weighted by molar-refractivity contribution is -0.385. The van der Waals surface area contributed by atoms with Crippen LogP contribution in [0, 0.1) is 10.1 Å². The van der Waals surface area contributed by atoms with E-state index >= 15 is 0 Å². The molecule has 0 radical (unpaired) electrons. The van der Waals surface area contributed by atoms with Crippen LogP contribution in [0.3, 0.4) is 0 Å². The van der Waals surface area contributed by atoms with Crippen LogP contribution >= 0.6 is 11.6 Å². The number of non-ortho nitro benzene ring substituents is 1. The number of benzene rings is 1. The second-order valence-corrected chi connectivity index (χ2v) is 3.58. The molecule has 0 amide bonds. The van der Waals surface area contributed by atoms with E-state index in [1.165, 1.54) is 30.7 Å². The standard InChI is InChI=1S/C11H12ClNO4/c1-8(14)10-7-9(13(15)16)3-4-11(10)17-6-2-5-12/h2-5,7-8,14H,6H2,1H3/b5-2+/t8-/m1/s1. The molecule has 1 aromatic rings. The first-order chi connectivity index (χ1) is 8.06. The summed E-state index contributed by atoms with van der Waals surface area (Å²) in [5.74, 6) is 0.403.